The van der Waals surface area contributed by atoms with Crippen LogP contribution in [0, 0.1) is 13.8 Å². The fourth-order valence-electron chi connectivity index (χ4n) is 3.21. The summed E-state index contributed by atoms with van der Waals surface area (Å²) in [5, 5.41) is 11.8. The summed E-state index contributed by atoms with van der Waals surface area (Å²) in [7, 11) is 0. The van der Waals surface area contributed by atoms with Gasteiger partial charge in [-0.05, 0) is 52.3 Å². The number of rotatable bonds is 9. The van der Waals surface area contributed by atoms with Crippen LogP contribution in [0.5, 0.6) is 5.75 Å². The molecule has 0 aliphatic heterocycles. The summed E-state index contributed by atoms with van der Waals surface area (Å²) in [6.07, 6.45) is 0. The van der Waals surface area contributed by atoms with Gasteiger partial charge in [-0.25, -0.2) is 0 Å². The van der Waals surface area contributed by atoms with E-state index in [0.29, 0.717) is 32.9 Å². The highest BCUT2D eigenvalue weighted by Gasteiger charge is 2.25. The molecule has 9 heteroatoms. The van der Waals surface area contributed by atoms with Gasteiger partial charge in [0.05, 0.1) is 23.2 Å². The summed E-state index contributed by atoms with van der Waals surface area (Å²) >= 11 is 2.71. The summed E-state index contributed by atoms with van der Waals surface area (Å²) in [6.45, 7) is 9.44. The zero-order valence-corrected chi connectivity index (χ0v) is 19.2. The number of carbonyl (C=O) groups is 2. The molecule has 3 aromatic rings. The Labute approximate surface area is 183 Å². The summed E-state index contributed by atoms with van der Waals surface area (Å²) in [5.74, 6) is 0.624. The van der Waals surface area contributed by atoms with Gasteiger partial charge in [0.2, 0.25) is 5.13 Å². The molecule has 0 spiro atoms. The number of carbonyl (C=O) groups excluding carboxylic acids is 2. The van der Waals surface area contributed by atoms with E-state index in [2.05, 4.69) is 20.5 Å². The maximum atomic E-state index is 12.9. The molecule has 0 radical (unpaired) electrons. The molecule has 0 saturated heterocycles. The third kappa shape index (κ3) is 4.73. The first kappa shape index (κ1) is 22.0. The van der Waals surface area contributed by atoms with Crippen LogP contribution in [0.4, 0.5) is 10.8 Å². The van der Waals surface area contributed by atoms with Crippen LogP contribution >= 0.6 is 23.1 Å². The number of aromatic nitrogens is 3. The van der Waals surface area contributed by atoms with Gasteiger partial charge in [0.15, 0.2) is 15.9 Å². The maximum Gasteiger partial charge on any atom is 0.210 e. The Kier molecular flexibility index (Phi) is 6.94. The zero-order chi connectivity index (χ0) is 21.8. The number of nitrogens with one attached hydrogen (secondary N) is 2. The molecule has 1 unspecified atom stereocenters. The van der Waals surface area contributed by atoms with Crippen LogP contribution in [0.1, 0.15) is 52.9 Å². The number of H-pyrrole nitrogens is 1. The summed E-state index contributed by atoms with van der Waals surface area (Å²) in [5.41, 5.74) is 3.29. The van der Waals surface area contributed by atoms with E-state index >= 15 is 0 Å². The molecule has 0 aliphatic carbocycles. The molecule has 30 heavy (non-hydrogen) atoms. The van der Waals surface area contributed by atoms with Crippen LogP contribution in [0.3, 0.4) is 0 Å². The number of ether oxygens (including phenoxy) is 1. The van der Waals surface area contributed by atoms with Crippen molar-refractivity contribution in [2.75, 3.05) is 11.9 Å². The molecule has 0 aliphatic rings. The van der Waals surface area contributed by atoms with E-state index < -0.39 is 0 Å². The van der Waals surface area contributed by atoms with E-state index in [4.69, 9.17) is 4.74 Å². The van der Waals surface area contributed by atoms with Gasteiger partial charge in [-0.2, -0.15) is 0 Å². The fourth-order valence-corrected chi connectivity index (χ4v) is 5.17. The largest absolute Gasteiger partial charge is 0.492 e. The molecule has 0 fully saturated rings. The number of aryl methyl sites for hydroxylation is 1. The van der Waals surface area contributed by atoms with Crippen molar-refractivity contribution in [1.82, 2.24) is 15.2 Å². The Morgan fingerprint density at radius 3 is 2.67 bits per heavy atom. The van der Waals surface area contributed by atoms with Crippen molar-refractivity contribution in [3.8, 4) is 5.75 Å². The number of benzene rings is 1. The van der Waals surface area contributed by atoms with Crippen LogP contribution in [0.25, 0.3) is 0 Å². The van der Waals surface area contributed by atoms with Gasteiger partial charge < -0.3 is 15.0 Å². The average molecular weight is 445 g/mol. The van der Waals surface area contributed by atoms with Crippen molar-refractivity contribution in [3.05, 3.63) is 46.8 Å². The SMILES string of the molecule is CCOc1ccccc1Nc1nnc(SC(C)C(=O)c2[nH]c(C)c(C(C)=O)c2C)s1. The van der Waals surface area contributed by atoms with Gasteiger partial charge in [-0.1, -0.05) is 35.2 Å². The van der Waals surface area contributed by atoms with E-state index in [0.717, 1.165) is 17.1 Å². The lowest BCUT2D eigenvalue weighted by Crippen LogP contribution is -2.15. The molecule has 0 amide bonds. The van der Waals surface area contributed by atoms with Crippen molar-refractivity contribution < 1.29 is 14.3 Å². The summed E-state index contributed by atoms with van der Waals surface area (Å²) in [4.78, 5) is 27.8. The van der Waals surface area contributed by atoms with E-state index in [-0.39, 0.29) is 16.8 Å². The molecular weight excluding hydrogens is 420 g/mol. The third-order valence-electron chi connectivity index (χ3n) is 4.52. The van der Waals surface area contributed by atoms with E-state index in [9.17, 15) is 9.59 Å². The Morgan fingerprint density at radius 1 is 1.27 bits per heavy atom. The number of ketones is 2. The molecular formula is C21H24N4O3S2. The van der Waals surface area contributed by atoms with Crippen LogP contribution in [-0.2, 0) is 0 Å². The molecule has 2 N–H and O–H groups in total. The number of hydrogen-bond donors (Lipinski definition) is 2. The Hall–Kier alpha value is -2.65. The molecule has 0 bridgehead atoms. The fraction of sp³-hybridized carbons (Fsp3) is 0.333. The number of aromatic amines is 1. The Bertz CT molecular complexity index is 1070. The number of thioether (sulfide) groups is 1. The first-order valence-corrected chi connectivity index (χ1v) is 11.2. The summed E-state index contributed by atoms with van der Waals surface area (Å²) in [6, 6.07) is 7.62. The van der Waals surface area contributed by atoms with E-state index in [1.807, 2.05) is 38.1 Å². The molecule has 1 atom stereocenters. The lowest BCUT2D eigenvalue weighted by atomic mass is 10.0. The van der Waals surface area contributed by atoms with Crippen molar-refractivity contribution in [3.63, 3.8) is 0 Å². The number of para-hydroxylation sites is 2. The highest BCUT2D eigenvalue weighted by molar-refractivity contribution is 8.02. The molecule has 2 aromatic heterocycles. The summed E-state index contributed by atoms with van der Waals surface area (Å²) < 4.78 is 6.30. The molecule has 7 nitrogen and oxygen atoms in total. The van der Waals surface area contributed by atoms with Crippen molar-refractivity contribution in [1.29, 1.82) is 0 Å². The van der Waals surface area contributed by atoms with E-state index in [1.54, 1.807) is 13.8 Å². The zero-order valence-electron chi connectivity index (χ0n) is 17.5. The predicted octanol–water partition coefficient (Wildman–Crippen LogP) is 5.19. The number of anilines is 2. The van der Waals surface area contributed by atoms with Gasteiger partial charge in [0, 0.05) is 11.3 Å². The van der Waals surface area contributed by atoms with Crippen LogP contribution in [0.15, 0.2) is 28.6 Å². The number of Topliss-reactive ketones (excluding diaryl/α,β-unsaturated/α-hetero) is 2. The average Bonchev–Trinajstić information content (AvgIpc) is 3.26. The smallest absolute Gasteiger partial charge is 0.210 e. The van der Waals surface area contributed by atoms with Gasteiger partial charge in [-0.15, -0.1) is 10.2 Å². The number of hydrogen-bond acceptors (Lipinski definition) is 8. The minimum absolute atomic E-state index is 0.0484. The minimum Gasteiger partial charge on any atom is -0.492 e. The van der Waals surface area contributed by atoms with Gasteiger partial charge in [0.1, 0.15) is 5.75 Å². The third-order valence-corrected chi connectivity index (χ3v) is 6.54. The highest BCUT2D eigenvalue weighted by Crippen LogP contribution is 2.34. The topological polar surface area (TPSA) is 97.0 Å². The lowest BCUT2D eigenvalue weighted by Gasteiger charge is -2.09. The van der Waals surface area contributed by atoms with E-state index in [1.165, 1.54) is 30.0 Å². The predicted molar refractivity (Wildman–Crippen MR) is 121 cm³/mol. The second-order valence-corrected chi connectivity index (χ2v) is 9.30. The van der Waals surface area contributed by atoms with Crippen molar-refractivity contribution in [2.24, 2.45) is 0 Å². The van der Waals surface area contributed by atoms with Crippen molar-refractivity contribution in [2.45, 2.75) is 44.2 Å². The van der Waals surface area contributed by atoms with Crippen LogP contribution < -0.4 is 10.1 Å². The molecule has 2 heterocycles. The normalized spacial score (nSPS) is 11.9. The van der Waals surface area contributed by atoms with Gasteiger partial charge >= 0.3 is 0 Å². The molecule has 3 rings (SSSR count). The lowest BCUT2D eigenvalue weighted by molar-refractivity contribution is 0.0988. The monoisotopic (exact) mass is 444 g/mol. The number of nitrogens with zero attached hydrogens (tertiary/aromatic N) is 2. The van der Waals surface area contributed by atoms with Gasteiger partial charge in [0.25, 0.3) is 0 Å². The first-order valence-electron chi connectivity index (χ1n) is 9.55. The molecule has 158 valence electrons. The quantitative estimate of drug-likeness (QED) is 0.346. The Balaban J connectivity index is 1.71. The molecule has 0 saturated carbocycles. The van der Waals surface area contributed by atoms with Gasteiger partial charge in [-0.3, -0.25) is 9.59 Å². The maximum absolute atomic E-state index is 12.9. The highest BCUT2D eigenvalue weighted by atomic mass is 32.2. The second kappa shape index (κ2) is 9.44. The van der Waals surface area contributed by atoms with Crippen molar-refractivity contribution >= 4 is 45.5 Å². The molecule has 1 aromatic carbocycles. The Morgan fingerprint density at radius 2 is 2.00 bits per heavy atom. The first-order chi connectivity index (χ1) is 14.3. The van der Waals surface area contributed by atoms with Crippen LogP contribution in [0.2, 0.25) is 0 Å². The van der Waals surface area contributed by atoms with Crippen LogP contribution in [-0.4, -0.2) is 38.6 Å². The minimum atomic E-state index is -0.377. The second-order valence-electron chi connectivity index (χ2n) is 6.73. The standard InChI is InChI=1S/C21H24N4O3S2/c1-6-28-16-10-8-7-9-15(16)23-20-24-25-21(30-20)29-14(5)19(27)18-11(2)17(13(4)26)12(3)22-18/h7-10,14,22H,6H2,1-5H3,(H,23,24).